The van der Waals surface area contributed by atoms with Gasteiger partial charge in [0.05, 0.1) is 6.54 Å². The number of benzene rings is 3. The highest BCUT2D eigenvalue weighted by Gasteiger charge is 2.34. The molecule has 3 aromatic rings. The Morgan fingerprint density at radius 3 is 2.00 bits per heavy atom. The number of aryl methyl sites for hydroxylation is 2. The zero-order valence-corrected chi connectivity index (χ0v) is 35.0. The van der Waals surface area contributed by atoms with Crippen molar-refractivity contribution in [2.75, 3.05) is 20.1 Å². The van der Waals surface area contributed by atoms with Crippen molar-refractivity contribution in [3.63, 3.8) is 0 Å². The van der Waals surface area contributed by atoms with E-state index >= 15 is 0 Å². The summed E-state index contributed by atoms with van der Waals surface area (Å²) in [4.78, 5) is 95.9. The molecule has 0 aromatic heterocycles. The summed E-state index contributed by atoms with van der Waals surface area (Å²) in [6.07, 6.45) is 2.36. The molecule has 0 bridgehead atoms. The molecule has 4 rings (SSSR count). The van der Waals surface area contributed by atoms with Crippen molar-refractivity contribution in [2.24, 2.45) is 5.92 Å². The summed E-state index contributed by atoms with van der Waals surface area (Å²) in [5, 5.41) is 36.0. The number of urea groups is 1. The van der Waals surface area contributed by atoms with Crippen molar-refractivity contribution in [3.05, 3.63) is 102 Å². The van der Waals surface area contributed by atoms with E-state index in [1.165, 1.54) is 24.1 Å². The SMILES string of the molecule is CC[C@@H](C)[C@@H]1NC(=O)[C@H](NC(=O)N[C@@H](Cc2ccccc2)C(=O)O)CCCCNC(=O)[C@H](CCc2ccccc2)NC(=O)CN(C)C(=O)[C@H](CCc2ccc(O)cc2)NC1=O. The van der Waals surface area contributed by atoms with Crippen LogP contribution in [0.3, 0.4) is 0 Å². The van der Waals surface area contributed by atoms with Gasteiger partial charge in [-0.25, -0.2) is 9.59 Å². The third kappa shape index (κ3) is 15.6. The molecule has 7 amide bonds. The standard InChI is InChI=1S/C45H59N7O9/c1-4-29(2)39-42(57)48-36(25-21-31-18-22-33(53)23-19-31)43(58)52(3)28-38(54)47-35(24-20-30-13-7-5-8-14-30)40(55)46-26-12-11-17-34(41(56)51-39)49-45(61)50-37(44(59)60)27-32-15-9-6-10-16-32/h5-10,13-16,18-19,22-23,29,34-37,39,53H,4,11-12,17,20-21,24-28H2,1-3H3,(H,46,55)(H,47,54)(H,48,57)(H,51,56)(H,59,60)(H2,49,50,61)/t29-,34-,35+,36+,37+,39+/m1/s1. The summed E-state index contributed by atoms with van der Waals surface area (Å²) in [6, 6.07) is 17.9. The van der Waals surface area contributed by atoms with Crippen LogP contribution in [-0.4, -0.2) is 107 Å². The topological polar surface area (TPSA) is 235 Å². The number of aliphatic carboxylic acids is 1. The summed E-state index contributed by atoms with van der Waals surface area (Å²) in [7, 11) is 1.42. The van der Waals surface area contributed by atoms with E-state index in [-0.39, 0.29) is 38.0 Å². The quantitative estimate of drug-likeness (QED) is 0.126. The molecule has 16 nitrogen and oxygen atoms in total. The molecule has 0 saturated carbocycles. The largest absolute Gasteiger partial charge is 0.508 e. The van der Waals surface area contributed by atoms with Crippen LogP contribution in [0.25, 0.3) is 0 Å². The highest BCUT2D eigenvalue weighted by Crippen LogP contribution is 2.16. The van der Waals surface area contributed by atoms with Gasteiger partial charge in [0.2, 0.25) is 29.5 Å². The molecule has 1 heterocycles. The summed E-state index contributed by atoms with van der Waals surface area (Å²) in [5.41, 5.74) is 2.42. The molecule has 0 radical (unpaired) electrons. The molecule has 0 spiro atoms. The smallest absolute Gasteiger partial charge is 0.326 e. The van der Waals surface area contributed by atoms with Crippen LogP contribution in [0.5, 0.6) is 5.75 Å². The second-order valence-corrected chi connectivity index (χ2v) is 15.5. The molecule has 8 N–H and O–H groups in total. The van der Waals surface area contributed by atoms with E-state index in [0.717, 1.165) is 11.1 Å². The number of likely N-dealkylation sites (N-methyl/N-ethyl adjacent to an activating group) is 1. The highest BCUT2D eigenvalue weighted by atomic mass is 16.4. The van der Waals surface area contributed by atoms with Crippen LogP contribution in [0.1, 0.15) is 69.1 Å². The molecular weight excluding hydrogens is 783 g/mol. The summed E-state index contributed by atoms with van der Waals surface area (Å²) >= 11 is 0. The number of rotatable bonds is 13. The highest BCUT2D eigenvalue weighted by molar-refractivity contribution is 5.96. The second kappa shape index (κ2) is 24.0. The summed E-state index contributed by atoms with van der Waals surface area (Å²) in [6.45, 7) is 3.36. The molecule has 1 aliphatic heterocycles. The maximum atomic E-state index is 14.2. The van der Waals surface area contributed by atoms with E-state index < -0.39 is 84.2 Å². The van der Waals surface area contributed by atoms with Gasteiger partial charge >= 0.3 is 12.0 Å². The van der Waals surface area contributed by atoms with Gasteiger partial charge in [-0.2, -0.15) is 0 Å². The normalized spacial score (nSPS) is 20.9. The van der Waals surface area contributed by atoms with Crippen LogP contribution in [0, 0.1) is 5.92 Å². The lowest BCUT2D eigenvalue weighted by molar-refractivity contribution is -0.140. The first-order valence-corrected chi connectivity index (χ1v) is 20.8. The molecule has 61 heavy (non-hydrogen) atoms. The van der Waals surface area contributed by atoms with Crippen molar-refractivity contribution < 1.29 is 43.8 Å². The number of carbonyl (C=O) groups is 7. The number of aromatic hydroxyl groups is 1. The average Bonchev–Trinajstić information content (AvgIpc) is 3.25. The lowest BCUT2D eigenvalue weighted by Crippen LogP contribution is -2.60. The number of carbonyl (C=O) groups excluding carboxylic acids is 6. The fourth-order valence-corrected chi connectivity index (χ4v) is 6.96. The van der Waals surface area contributed by atoms with E-state index in [0.29, 0.717) is 37.7 Å². The number of phenolic OH excluding ortho intramolecular Hbond substituents is 1. The number of nitrogens with zero attached hydrogens (tertiary/aromatic N) is 1. The van der Waals surface area contributed by atoms with E-state index in [9.17, 15) is 43.8 Å². The van der Waals surface area contributed by atoms with Crippen LogP contribution < -0.4 is 31.9 Å². The molecule has 16 heteroatoms. The predicted octanol–water partition coefficient (Wildman–Crippen LogP) is 2.58. The number of hydrogen-bond acceptors (Lipinski definition) is 8. The Kier molecular flexibility index (Phi) is 18.6. The van der Waals surface area contributed by atoms with Gasteiger partial charge in [0, 0.05) is 20.0 Å². The molecular formula is C45H59N7O9. The summed E-state index contributed by atoms with van der Waals surface area (Å²) in [5.74, 6) is -4.59. The van der Waals surface area contributed by atoms with Crippen molar-refractivity contribution in [2.45, 2.75) is 102 Å². The number of carboxylic acid groups (broad SMARTS) is 1. The Morgan fingerprint density at radius 2 is 1.38 bits per heavy atom. The first-order valence-electron chi connectivity index (χ1n) is 20.8. The molecule has 1 aliphatic rings. The number of hydrogen-bond donors (Lipinski definition) is 8. The Bertz CT molecular complexity index is 1930. The van der Waals surface area contributed by atoms with Crippen molar-refractivity contribution in [3.8, 4) is 5.75 Å². The van der Waals surface area contributed by atoms with Gasteiger partial charge in [-0.3, -0.25) is 24.0 Å². The number of phenols is 1. The molecule has 6 atom stereocenters. The minimum Gasteiger partial charge on any atom is -0.508 e. The second-order valence-electron chi connectivity index (χ2n) is 15.5. The number of amides is 7. The van der Waals surface area contributed by atoms with E-state index in [1.807, 2.05) is 37.3 Å². The monoisotopic (exact) mass is 841 g/mol. The fraction of sp³-hybridized carbons (Fsp3) is 0.444. The van der Waals surface area contributed by atoms with Crippen LogP contribution >= 0.6 is 0 Å². The molecule has 328 valence electrons. The van der Waals surface area contributed by atoms with Crippen LogP contribution in [0.4, 0.5) is 4.79 Å². The van der Waals surface area contributed by atoms with Crippen molar-refractivity contribution in [1.29, 1.82) is 0 Å². The van der Waals surface area contributed by atoms with Crippen LogP contribution in [0.2, 0.25) is 0 Å². The minimum absolute atomic E-state index is 0.00890. The van der Waals surface area contributed by atoms with Gasteiger partial charge in [0.1, 0.15) is 36.0 Å². The predicted molar refractivity (Wildman–Crippen MR) is 228 cm³/mol. The first-order chi connectivity index (χ1) is 29.2. The first kappa shape index (κ1) is 47.2. The Labute approximate surface area is 356 Å². The third-order valence-corrected chi connectivity index (χ3v) is 10.8. The van der Waals surface area contributed by atoms with E-state index in [1.54, 1.807) is 49.4 Å². The zero-order chi connectivity index (χ0) is 44.3. The number of nitrogens with one attached hydrogen (secondary N) is 6. The lowest BCUT2D eigenvalue weighted by Gasteiger charge is -2.30. The van der Waals surface area contributed by atoms with Crippen LogP contribution in [-0.2, 0) is 48.0 Å². The van der Waals surface area contributed by atoms with Crippen molar-refractivity contribution in [1.82, 2.24) is 36.8 Å². The van der Waals surface area contributed by atoms with Crippen LogP contribution in [0.15, 0.2) is 84.9 Å². The van der Waals surface area contributed by atoms with Gasteiger partial charge in [-0.05, 0) is 79.7 Å². The van der Waals surface area contributed by atoms with Crippen molar-refractivity contribution >= 4 is 41.5 Å². The Morgan fingerprint density at radius 1 is 0.770 bits per heavy atom. The summed E-state index contributed by atoms with van der Waals surface area (Å²) < 4.78 is 0. The lowest BCUT2D eigenvalue weighted by atomic mass is 9.96. The molecule has 0 aliphatic carbocycles. The average molecular weight is 842 g/mol. The molecule has 0 unspecified atom stereocenters. The molecule has 3 aromatic carbocycles. The molecule has 1 fully saturated rings. The van der Waals surface area contributed by atoms with E-state index in [4.69, 9.17) is 0 Å². The zero-order valence-electron chi connectivity index (χ0n) is 35.0. The minimum atomic E-state index is -1.31. The maximum absolute atomic E-state index is 14.2. The molecule has 1 saturated heterocycles. The Hall–Kier alpha value is -6.45. The van der Waals surface area contributed by atoms with Gasteiger partial charge in [0.25, 0.3) is 0 Å². The Balaban J connectivity index is 1.61. The number of carboxylic acids is 1. The third-order valence-electron chi connectivity index (χ3n) is 10.8. The van der Waals surface area contributed by atoms with Gasteiger partial charge < -0.3 is 47.0 Å². The maximum Gasteiger partial charge on any atom is 0.326 e. The van der Waals surface area contributed by atoms with Gasteiger partial charge in [-0.15, -0.1) is 0 Å². The van der Waals surface area contributed by atoms with E-state index in [2.05, 4.69) is 31.9 Å². The van der Waals surface area contributed by atoms with Gasteiger partial charge in [0.15, 0.2) is 0 Å². The fourth-order valence-electron chi connectivity index (χ4n) is 6.96. The van der Waals surface area contributed by atoms with Gasteiger partial charge in [-0.1, -0.05) is 93.1 Å².